The van der Waals surface area contributed by atoms with E-state index in [1.807, 2.05) is 155 Å². The molecule has 0 radical (unpaired) electrons. The molecule has 0 saturated carbocycles. The normalized spacial score (nSPS) is 31.8. The summed E-state index contributed by atoms with van der Waals surface area (Å²) in [6.45, 7) is 83.2. The maximum Gasteiger partial charge on any atom is 0.350 e. The third-order valence-electron chi connectivity index (χ3n) is 27.7. The van der Waals surface area contributed by atoms with Crippen LogP contribution in [0.2, 0.25) is 0 Å². The van der Waals surface area contributed by atoms with E-state index >= 15 is 0 Å². The van der Waals surface area contributed by atoms with Gasteiger partial charge < -0.3 is 69.5 Å². The highest BCUT2D eigenvalue weighted by Gasteiger charge is 2.64. The Kier molecular flexibility index (Phi) is 38.2. The Morgan fingerprint density at radius 2 is 0.929 bits per heavy atom. The molecule has 11 unspecified atom stereocenters. The zero-order valence-electron chi connectivity index (χ0n) is 79.0. The van der Waals surface area contributed by atoms with E-state index in [2.05, 4.69) is 116 Å². The minimum Gasteiger partial charge on any atom is -0.462 e. The van der Waals surface area contributed by atoms with E-state index in [1.54, 1.807) is 18.9 Å². The highest BCUT2D eigenvalue weighted by molar-refractivity contribution is 7.54. The summed E-state index contributed by atoms with van der Waals surface area (Å²) in [5.74, 6) is -1.16. The topological polar surface area (TPSA) is 294 Å². The van der Waals surface area contributed by atoms with Crippen molar-refractivity contribution in [1.82, 2.24) is 40.2 Å². The molecular formula is C86H174N9O16P. The third-order valence-corrected chi connectivity index (χ3v) is 30.5. The summed E-state index contributed by atoms with van der Waals surface area (Å²) in [6.07, 6.45) is 11.1. The number of rotatable bonds is 19. The summed E-state index contributed by atoms with van der Waals surface area (Å²) in [6, 6.07) is 0. The van der Waals surface area contributed by atoms with Crippen LogP contribution < -0.4 is 0 Å². The summed E-state index contributed by atoms with van der Waals surface area (Å²) in [5, 5.41) is 84.6. The van der Waals surface area contributed by atoms with Gasteiger partial charge in [0.25, 0.3) is 0 Å². The molecule has 11 atom stereocenters. The molecule has 6 aliphatic rings. The Hall–Kier alpha value is -2.53. The fourth-order valence-corrected chi connectivity index (χ4v) is 20.2. The smallest absolute Gasteiger partial charge is 0.350 e. The van der Waals surface area contributed by atoms with Gasteiger partial charge in [-0.05, 0) is 214 Å². The van der Waals surface area contributed by atoms with Gasteiger partial charge in [0.2, 0.25) is 11.8 Å². The molecule has 6 rings (SSSR count). The van der Waals surface area contributed by atoms with Gasteiger partial charge in [0.05, 0.1) is 54.3 Å². The molecule has 2 amide bonds. The largest absolute Gasteiger partial charge is 0.462 e. The van der Waals surface area contributed by atoms with E-state index in [9.17, 15) is 50.2 Å². The number of hydroxylamine groups is 12. The molecule has 112 heavy (non-hydrogen) atoms. The van der Waals surface area contributed by atoms with Crippen LogP contribution in [0.1, 0.15) is 373 Å². The highest BCUT2D eigenvalue weighted by Crippen LogP contribution is 2.61. The van der Waals surface area contributed by atoms with Crippen LogP contribution in [-0.2, 0) is 42.2 Å². The van der Waals surface area contributed by atoms with Gasteiger partial charge >= 0.3 is 13.6 Å². The second-order valence-electron chi connectivity index (χ2n) is 40.3. The van der Waals surface area contributed by atoms with Crippen LogP contribution in [0.25, 0.3) is 0 Å². The number of hydrogen-bond donors (Lipinski definition) is 7. The number of esters is 1. The Labute approximate surface area is 682 Å². The zero-order chi connectivity index (χ0) is 88.4. The van der Waals surface area contributed by atoms with Crippen LogP contribution in [0.4, 0.5) is 0 Å². The van der Waals surface area contributed by atoms with Crippen molar-refractivity contribution in [2.75, 3.05) is 39.5 Å². The van der Waals surface area contributed by atoms with Gasteiger partial charge in [-0.2, -0.15) is 30.4 Å². The molecule has 664 valence electrons. The molecule has 1 spiro atoms. The lowest BCUT2D eigenvalue weighted by molar-refractivity contribution is -0.399. The summed E-state index contributed by atoms with van der Waals surface area (Å²) in [5.41, 5.74) is -4.97. The lowest BCUT2D eigenvalue weighted by atomic mass is 9.67. The summed E-state index contributed by atoms with van der Waals surface area (Å²) in [4.78, 5) is 40.9. The summed E-state index contributed by atoms with van der Waals surface area (Å²) >= 11 is 0. The van der Waals surface area contributed by atoms with E-state index in [1.165, 1.54) is 27.2 Å². The number of carbonyl (C=O) groups is 3. The molecule has 0 aromatic rings. The van der Waals surface area contributed by atoms with Crippen molar-refractivity contribution < 1.29 is 78.7 Å². The molecular weight excluding hydrogens is 1450 g/mol. The number of oxime groups is 1. The van der Waals surface area contributed by atoms with Gasteiger partial charge in [0.15, 0.2) is 5.79 Å². The van der Waals surface area contributed by atoms with Crippen LogP contribution in [0.3, 0.4) is 0 Å². The maximum absolute atomic E-state index is 13.0. The van der Waals surface area contributed by atoms with Crippen LogP contribution in [-0.4, -0.2) is 229 Å². The maximum atomic E-state index is 13.0. The fourth-order valence-electron chi connectivity index (χ4n) is 17.6. The number of hydrogen-bond acceptors (Lipinski definition) is 23. The summed E-state index contributed by atoms with van der Waals surface area (Å²) < 4.78 is 41.9. The molecule has 0 bridgehead atoms. The van der Waals surface area contributed by atoms with Crippen LogP contribution in [0.5, 0.6) is 0 Å². The molecule has 6 saturated heterocycles. The number of amides is 2. The molecule has 6 heterocycles. The first-order valence-electron chi connectivity index (χ1n) is 42.8. The van der Waals surface area contributed by atoms with Crippen molar-refractivity contribution in [1.29, 1.82) is 0 Å². The second kappa shape index (κ2) is 39.8. The van der Waals surface area contributed by atoms with Crippen molar-refractivity contribution in [2.24, 2.45) is 33.7 Å². The number of ether oxygens (including phenoxy) is 3. The SMILES string of the molecule is CCC1(C)C/C(=N/O)C(C)C(C)(CC)N1O.CCC1(C)CC(OC(C)=O)C(C)C(C)(CC)N1O.CCC1(C)CC2(OCC(C)(C)CO2)C(C)C(C)(CC)N1O.CCC1(CC)C(=O)N(C(C)(C)C)CC(C)(C)N1O.CCC1(CC)CN(C(C)(C)C)C(=O)C(CC)(CC)N1O.CCOP(=O)(OCC)C(N(O)C(C)(C)C)C(C)(C)C. The Bertz CT molecular complexity index is 3010. The van der Waals surface area contributed by atoms with Crippen LogP contribution >= 0.6 is 7.60 Å². The quantitative estimate of drug-likeness (QED) is 0.0274. The van der Waals surface area contributed by atoms with Gasteiger partial charge in [-0.25, -0.2) is 0 Å². The number of piperazine rings is 2. The Morgan fingerprint density at radius 1 is 0.545 bits per heavy atom. The van der Waals surface area contributed by atoms with Gasteiger partial charge in [0.1, 0.15) is 23.0 Å². The fraction of sp³-hybridized carbons (Fsp3) is 0.953. The minimum atomic E-state index is -3.43. The van der Waals surface area contributed by atoms with Crippen molar-refractivity contribution in [3.8, 4) is 0 Å². The van der Waals surface area contributed by atoms with Gasteiger partial charge in [-0.15, -0.1) is 0 Å². The minimum absolute atomic E-state index is 0.0434. The molecule has 0 aromatic heterocycles. The first-order chi connectivity index (χ1) is 50.7. The molecule has 25 nitrogen and oxygen atoms in total. The van der Waals surface area contributed by atoms with Crippen molar-refractivity contribution in [3.63, 3.8) is 0 Å². The van der Waals surface area contributed by atoms with E-state index in [4.69, 9.17) is 28.5 Å². The van der Waals surface area contributed by atoms with Gasteiger partial charge in [-0.1, -0.05) is 144 Å². The monoisotopic (exact) mass is 1620 g/mol. The molecule has 0 aromatic carbocycles. The Morgan fingerprint density at radius 3 is 1.26 bits per heavy atom. The Balaban J connectivity index is 0.000000673. The third kappa shape index (κ3) is 22.4. The lowest BCUT2D eigenvalue weighted by Crippen LogP contribution is -2.75. The summed E-state index contributed by atoms with van der Waals surface area (Å²) in [7, 11) is -3.43. The first kappa shape index (κ1) is 107. The molecule has 7 N–H and O–H groups in total. The van der Waals surface area contributed by atoms with Crippen LogP contribution in [0.15, 0.2) is 5.16 Å². The van der Waals surface area contributed by atoms with Crippen LogP contribution in [0, 0.1) is 28.6 Å². The van der Waals surface area contributed by atoms with Gasteiger partial charge in [-0.3, -0.25) is 18.9 Å². The predicted octanol–water partition coefficient (Wildman–Crippen LogP) is 19.9. The molecule has 6 fully saturated rings. The van der Waals surface area contributed by atoms with Gasteiger partial charge in [0, 0.05) is 101 Å². The van der Waals surface area contributed by atoms with E-state index in [-0.39, 0.29) is 110 Å². The molecule has 0 aliphatic carbocycles. The van der Waals surface area contributed by atoms with Crippen molar-refractivity contribution >= 4 is 31.1 Å². The zero-order valence-corrected chi connectivity index (χ0v) is 79.9. The molecule has 6 aliphatic heterocycles. The standard InChI is InChI=1S/C17H33NO3.C16H32N2O2.C14H28N2O2.C14H27NO3.C13H30NO4P.C12H24N2O2/c1-8-15(6)10-17(20-11-14(4,5)12-21-17)13(3)16(7,9-2)18(15)19;1-8-15(9-2)12-17(14(5,6)7)13(19)16(10-3,11-4)18(15)20;1-8-14(9-2)11(17)15(12(3,4)5)10-13(6,7)16(14)18;1-7-13(5)9-12(18-11(4)16)10(3)14(6,8-2)15(13)17;1-9-17-19(16,18-10-2)11(12(3,4)5)14(15)13(6,7)8;1-6-11(4)8-10(13-15)9(3)12(5,7-2)14(11)16/h13,19H,8-12H2,1-7H3;20H,8-12H2,1-7H3;18H,8-10H2,1-7H3;10,12,17H,7-9H2,1-6H3;11,15H,9-10H2,1-8H3;9,15-16H,6-8H2,1-5H3/b;;;;;13-10-. The van der Waals surface area contributed by atoms with Crippen molar-refractivity contribution in [2.45, 2.75) is 463 Å². The van der Waals surface area contributed by atoms with E-state index in [0.29, 0.717) is 71.2 Å². The molecule has 26 heteroatoms. The predicted molar refractivity (Wildman–Crippen MR) is 449 cm³/mol. The number of nitrogens with zero attached hydrogens (tertiary/aromatic N) is 9. The second-order valence-corrected chi connectivity index (χ2v) is 42.4. The number of piperidine rings is 3. The first-order valence-corrected chi connectivity index (χ1v) is 44.4. The van der Waals surface area contributed by atoms with Crippen molar-refractivity contribution in [3.05, 3.63) is 0 Å². The van der Waals surface area contributed by atoms with E-state index in [0.717, 1.165) is 62.1 Å². The highest BCUT2D eigenvalue weighted by atomic mass is 31.2. The lowest BCUT2D eigenvalue weighted by Gasteiger charge is -2.63. The average molecular weight is 1620 g/mol. The average Bonchev–Trinajstić information content (AvgIpc) is 0.718. The van der Waals surface area contributed by atoms with E-state index < -0.39 is 46.7 Å². The number of carbonyl (C=O) groups excluding carboxylic acids is 3.